The zero-order chi connectivity index (χ0) is 17.6. The van der Waals surface area contributed by atoms with Crippen LogP contribution in [-0.2, 0) is 9.53 Å². The standard InChI is InChI=1S/C19H28N4O2.HI/c1-14-5-3-4-6-16(14)17-13-23(11-12-25-17)19(20-2)22-10-9-21-18(24)15-7-8-15;/h3-6,15,17H,7-13H2,1-2H3,(H,20,22)(H,21,24);1H. The quantitative estimate of drug-likeness (QED) is 0.298. The Labute approximate surface area is 172 Å². The summed E-state index contributed by atoms with van der Waals surface area (Å²) in [7, 11) is 1.79. The normalized spacial score (nSPS) is 20.3. The van der Waals surface area contributed by atoms with Crippen molar-refractivity contribution in [2.24, 2.45) is 10.9 Å². The van der Waals surface area contributed by atoms with Crippen molar-refractivity contribution >= 4 is 35.8 Å². The average molecular weight is 472 g/mol. The monoisotopic (exact) mass is 472 g/mol. The predicted molar refractivity (Wildman–Crippen MR) is 114 cm³/mol. The van der Waals surface area contributed by atoms with Crippen LogP contribution in [0.25, 0.3) is 0 Å². The second-order valence-corrected chi connectivity index (χ2v) is 6.70. The van der Waals surface area contributed by atoms with Crippen molar-refractivity contribution in [2.75, 3.05) is 39.8 Å². The molecule has 2 N–H and O–H groups in total. The molecular formula is C19H29IN4O2. The number of aliphatic imine (C=N–C) groups is 1. The molecule has 3 rings (SSSR count). The van der Waals surface area contributed by atoms with Crippen LogP contribution >= 0.6 is 24.0 Å². The van der Waals surface area contributed by atoms with Gasteiger partial charge in [-0.3, -0.25) is 9.79 Å². The molecule has 6 nitrogen and oxygen atoms in total. The first-order valence-electron chi connectivity index (χ1n) is 9.09. The van der Waals surface area contributed by atoms with Crippen molar-refractivity contribution in [3.63, 3.8) is 0 Å². The third kappa shape index (κ3) is 5.57. The Balaban J connectivity index is 0.00000243. The number of rotatable bonds is 5. The molecule has 2 fully saturated rings. The Morgan fingerprint density at radius 2 is 2.00 bits per heavy atom. The van der Waals surface area contributed by atoms with Gasteiger partial charge in [-0.25, -0.2) is 0 Å². The molecule has 1 amide bonds. The summed E-state index contributed by atoms with van der Waals surface area (Å²) in [6.07, 6.45) is 2.13. The number of carbonyl (C=O) groups excluding carboxylic acids is 1. The predicted octanol–water partition coefficient (Wildman–Crippen LogP) is 2.09. The second-order valence-electron chi connectivity index (χ2n) is 6.70. The third-order valence-electron chi connectivity index (χ3n) is 4.77. The number of carbonyl (C=O) groups is 1. The van der Waals surface area contributed by atoms with Crippen LogP contribution in [0.3, 0.4) is 0 Å². The Hall–Kier alpha value is -1.35. The summed E-state index contributed by atoms with van der Waals surface area (Å²) >= 11 is 0. The smallest absolute Gasteiger partial charge is 0.223 e. The number of hydrogen-bond donors (Lipinski definition) is 2. The van der Waals surface area contributed by atoms with Gasteiger partial charge in [-0.2, -0.15) is 0 Å². The van der Waals surface area contributed by atoms with Crippen molar-refractivity contribution in [1.29, 1.82) is 0 Å². The maximum atomic E-state index is 11.7. The molecule has 26 heavy (non-hydrogen) atoms. The molecule has 1 aromatic carbocycles. The Morgan fingerprint density at radius 3 is 2.69 bits per heavy atom. The topological polar surface area (TPSA) is 66.0 Å². The van der Waals surface area contributed by atoms with Crippen LogP contribution in [0.4, 0.5) is 0 Å². The molecule has 1 saturated carbocycles. The molecule has 144 valence electrons. The summed E-state index contributed by atoms with van der Waals surface area (Å²) in [6.45, 7) is 5.69. The van der Waals surface area contributed by atoms with Gasteiger partial charge in [-0.05, 0) is 30.9 Å². The number of morpholine rings is 1. The zero-order valence-electron chi connectivity index (χ0n) is 15.5. The fourth-order valence-electron chi connectivity index (χ4n) is 3.16. The number of halogens is 1. The number of benzene rings is 1. The van der Waals surface area contributed by atoms with Gasteiger partial charge in [0.05, 0.1) is 13.2 Å². The number of nitrogens with zero attached hydrogens (tertiary/aromatic N) is 2. The molecular weight excluding hydrogens is 443 g/mol. The summed E-state index contributed by atoms with van der Waals surface area (Å²) in [5.74, 6) is 1.30. The maximum absolute atomic E-state index is 11.7. The van der Waals surface area contributed by atoms with Gasteiger partial charge in [0.25, 0.3) is 0 Å². The lowest BCUT2D eigenvalue weighted by molar-refractivity contribution is -0.122. The average Bonchev–Trinajstić information content (AvgIpc) is 3.47. The van der Waals surface area contributed by atoms with E-state index in [1.807, 2.05) is 0 Å². The summed E-state index contributed by atoms with van der Waals surface area (Å²) in [6, 6.07) is 8.36. The molecule has 1 aromatic rings. The summed E-state index contributed by atoms with van der Waals surface area (Å²) in [5.41, 5.74) is 2.49. The fourth-order valence-corrected chi connectivity index (χ4v) is 3.16. The minimum Gasteiger partial charge on any atom is -0.370 e. The molecule has 0 bridgehead atoms. The van der Waals surface area contributed by atoms with Gasteiger partial charge in [0.2, 0.25) is 5.91 Å². The van der Waals surface area contributed by atoms with Crippen molar-refractivity contribution in [3.8, 4) is 0 Å². The van der Waals surface area contributed by atoms with Gasteiger partial charge < -0.3 is 20.3 Å². The lowest BCUT2D eigenvalue weighted by atomic mass is 10.0. The molecule has 1 heterocycles. The first-order chi connectivity index (χ1) is 12.2. The Morgan fingerprint density at radius 1 is 1.27 bits per heavy atom. The highest BCUT2D eigenvalue weighted by Crippen LogP contribution is 2.28. The largest absolute Gasteiger partial charge is 0.370 e. The molecule has 0 aromatic heterocycles. The van der Waals surface area contributed by atoms with E-state index in [1.165, 1.54) is 11.1 Å². The second kappa shape index (κ2) is 10.1. The Kier molecular flexibility index (Phi) is 8.15. The molecule has 1 aliphatic carbocycles. The third-order valence-corrected chi connectivity index (χ3v) is 4.77. The van der Waals surface area contributed by atoms with Crippen molar-refractivity contribution < 1.29 is 9.53 Å². The van der Waals surface area contributed by atoms with Crippen LogP contribution in [0, 0.1) is 12.8 Å². The van der Waals surface area contributed by atoms with Crippen molar-refractivity contribution in [2.45, 2.75) is 25.9 Å². The van der Waals surface area contributed by atoms with Gasteiger partial charge in [-0.1, -0.05) is 24.3 Å². The number of aryl methyl sites for hydroxylation is 1. The van der Waals surface area contributed by atoms with E-state index in [0.717, 1.165) is 31.9 Å². The summed E-state index contributed by atoms with van der Waals surface area (Å²) in [4.78, 5) is 18.3. The molecule has 7 heteroatoms. The Bertz CT molecular complexity index is 634. The SMILES string of the molecule is CN=C(NCCNC(=O)C1CC1)N1CCOC(c2ccccc2C)C1.I. The lowest BCUT2D eigenvalue weighted by Crippen LogP contribution is -2.49. The van der Waals surface area contributed by atoms with Gasteiger partial charge in [-0.15, -0.1) is 24.0 Å². The molecule has 0 spiro atoms. The van der Waals surface area contributed by atoms with E-state index in [2.05, 4.69) is 51.7 Å². The van der Waals surface area contributed by atoms with Gasteiger partial charge in [0.1, 0.15) is 6.10 Å². The van der Waals surface area contributed by atoms with Crippen LogP contribution in [0.2, 0.25) is 0 Å². The number of amides is 1. The van der Waals surface area contributed by atoms with Gasteiger partial charge in [0, 0.05) is 32.6 Å². The minimum atomic E-state index is 0. The molecule has 1 saturated heterocycles. The first-order valence-corrected chi connectivity index (χ1v) is 9.09. The minimum absolute atomic E-state index is 0. The maximum Gasteiger partial charge on any atom is 0.223 e. The van der Waals surface area contributed by atoms with Crippen LogP contribution in [0.15, 0.2) is 29.3 Å². The fraction of sp³-hybridized carbons (Fsp3) is 0.579. The molecule has 1 aliphatic heterocycles. The lowest BCUT2D eigenvalue weighted by Gasteiger charge is -2.35. The van der Waals surface area contributed by atoms with Crippen molar-refractivity contribution in [1.82, 2.24) is 15.5 Å². The van der Waals surface area contributed by atoms with Crippen LogP contribution in [-0.4, -0.2) is 56.6 Å². The number of hydrogen-bond acceptors (Lipinski definition) is 3. The number of guanidine groups is 1. The van der Waals surface area contributed by atoms with E-state index in [9.17, 15) is 4.79 Å². The highest BCUT2D eigenvalue weighted by Gasteiger charge is 2.29. The van der Waals surface area contributed by atoms with E-state index in [4.69, 9.17) is 4.74 Å². The molecule has 2 aliphatic rings. The van der Waals surface area contributed by atoms with Gasteiger partial charge >= 0.3 is 0 Å². The van der Waals surface area contributed by atoms with Gasteiger partial charge in [0.15, 0.2) is 5.96 Å². The van der Waals surface area contributed by atoms with Crippen LogP contribution in [0.1, 0.15) is 30.1 Å². The van der Waals surface area contributed by atoms with E-state index in [0.29, 0.717) is 19.7 Å². The summed E-state index contributed by atoms with van der Waals surface area (Å²) in [5, 5.41) is 6.32. The van der Waals surface area contributed by atoms with Crippen LogP contribution < -0.4 is 10.6 Å². The highest BCUT2D eigenvalue weighted by molar-refractivity contribution is 14.0. The molecule has 0 radical (unpaired) electrons. The number of ether oxygens (including phenoxy) is 1. The van der Waals surface area contributed by atoms with E-state index in [1.54, 1.807) is 7.05 Å². The zero-order valence-corrected chi connectivity index (χ0v) is 17.9. The highest BCUT2D eigenvalue weighted by atomic mass is 127. The van der Waals surface area contributed by atoms with E-state index in [-0.39, 0.29) is 41.9 Å². The van der Waals surface area contributed by atoms with Crippen molar-refractivity contribution in [3.05, 3.63) is 35.4 Å². The van der Waals surface area contributed by atoms with Crippen LogP contribution in [0.5, 0.6) is 0 Å². The molecule has 1 atom stereocenters. The van der Waals surface area contributed by atoms with E-state index >= 15 is 0 Å². The first kappa shape index (κ1) is 21.0. The van der Waals surface area contributed by atoms with E-state index < -0.39 is 0 Å². The summed E-state index contributed by atoms with van der Waals surface area (Å²) < 4.78 is 5.98. The number of nitrogens with one attached hydrogen (secondary N) is 2. The molecule has 1 unspecified atom stereocenters.